The minimum Gasteiger partial charge on any atom is -0.369 e. The zero-order chi connectivity index (χ0) is 21.9. The molecule has 0 amide bonds. The van der Waals surface area contributed by atoms with Crippen LogP contribution in [0, 0.1) is 0 Å². The van der Waals surface area contributed by atoms with Gasteiger partial charge in [-0.1, -0.05) is 48.5 Å². The van der Waals surface area contributed by atoms with E-state index in [1.807, 2.05) is 60.7 Å². The Balaban J connectivity index is 1.51. The van der Waals surface area contributed by atoms with Crippen molar-refractivity contribution in [2.75, 3.05) is 6.61 Å². The van der Waals surface area contributed by atoms with E-state index < -0.39 is 40.4 Å². The first kappa shape index (κ1) is 21.3. The topological polar surface area (TPSA) is 36.9 Å². The van der Waals surface area contributed by atoms with Crippen LogP contribution < -0.4 is 0 Å². The predicted octanol–water partition coefficient (Wildman–Crippen LogP) is 5.06. The molecule has 0 aromatic heterocycles. The van der Waals surface area contributed by atoms with Crippen LogP contribution in [0.2, 0.25) is 0 Å². The lowest BCUT2D eigenvalue weighted by atomic mass is 9.71. The first-order chi connectivity index (χ1) is 14.7. The van der Waals surface area contributed by atoms with E-state index >= 15 is 8.78 Å². The Hall–Kier alpha value is -1.51. The van der Waals surface area contributed by atoms with Gasteiger partial charge in [0.1, 0.15) is 17.8 Å². The third-order valence-corrected chi connectivity index (χ3v) is 7.85. The van der Waals surface area contributed by atoms with Crippen LogP contribution in [0.15, 0.2) is 65.6 Å². The monoisotopic (exact) mass is 448 g/mol. The molecule has 3 fully saturated rings. The summed E-state index contributed by atoms with van der Waals surface area (Å²) in [5.41, 5.74) is -2.29. The molecule has 2 aromatic rings. The highest BCUT2D eigenvalue weighted by atomic mass is 32.2. The van der Waals surface area contributed by atoms with Gasteiger partial charge in [0.25, 0.3) is 0 Å². The number of thioether (sulfide) groups is 1. The van der Waals surface area contributed by atoms with Crippen LogP contribution in [0.1, 0.15) is 26.3 Å². The number of halogens is 2. The van der Waals surface area contributed by atoms with Gasteiger partial charge in [-0.3, -0.25) is 0 Å². The highest BCUT2D eigenvalue weighted by Gasteiger charge is 2.87. The fourth-order valence-corrected chi connectivity index (χ4v) is 6.43. The SMILES string of the molecule is CC1(C)OC[C@@]2(O1)C(F)(F)[C@@H]1O[C@@]2(C)[C@H](OCc2ccccc2)[C@H]1Sc1ccccc1. The van der Waals surface area contributed by atoms with Crippen LogP contribution in [-0.2, 0) is 25.6 Å². The van der Waals surface area contributed by atoms with E-state index in [0.717, 1.165) is 10.5 Å². The number of ether oxygens (including phenoxy) is 4. The second-order valence-corrected chi connectivity index (χ2v) is 10.3. The third kappa shape index (κ3) is 3.16. The summed E-state index contributed by atoms with van der Waals surface area (Å²) < 4.78 is 55.8. The van der Waals surface area contributed by atoms with Crippen molar-refractivity contribution in [2.45, 2.75) is 72.6 Å². The van der Waals surface area contributed by atoms with Crippen molar-refractivity contribution in [1.29, 1.82) is 0 Å². The van der Waals surface area contributed by atoms with E-state index in [2.05, 4.69) is 0 Å². The fourth-order valence-electron chi connectivity index (χ4n) is 4.99. The van der Waals surface area contributed by atoms with E-state index in [9.17, 15) is 0 Å². The van der Waals surface area contributed by atoms with Crippen molar-refractivity contribution in [3.63, 3.8) is 0 Å². The quantitative estimate of drug-likeness (QED) is 0.639. The molecule has 2 aromatic carbocycles. The van der Waals surface area contributed by atoms with E-state index in [1.165, 1.54) is 11.8 Å². The van der Waals surface area contributed by atoms with Crippen molar-refractivity contribution >= 4 is 11.8 Å². The Morgan fingerprint density at radius 3 is 2.26 bits per heavy atom. The molecular formula is C24H26F2O4S. The summed E-state index contributed by atoms with van der Waals surface area (Å²) >= 11 is 1.37. The molecule has 0 radical (unpaired) electrons. The van der Waals surface area contributed by atoms with Crippen LogP contribution in [0.4, 0.5) is 8.78 Å². The highest BCUT2D eigenvalue weighted by Crippen LogP contribution is 2.66. The van der Waals surface area contributed by atoms with Gasteiger partial charge in [0.2, 0.25) is 0 Å². The molecule has 3 heterocycles. The fraction of sp³-hybridized carbons (Fsp3) is 0.500. The van der Waals surface area contributed by atoms with Gasteiger partial charge in [-0.2, -0.15) is 0 Å². The molecule has 3 aliphatic heterocycles. The number of hydrogen-bond acceptors (Lipinski definition) is 5. The Labute approximate surface area is 185 Å². The second-order valence-electron chi connectivity index (χ2n) is 9.00. The first-order valence-corrected chi connectivity index (χ1v) is 11.3. The third-order valence-electron chi connectivity index (χ3n) is 6.54. The van der Waals surface area contributed by atoms with Crippen LogP contribution in [0.25, 0.3) is 0 Å². The van der Waals surface area contributed by atoms with E-state index in [0.29, 0.717) is 6.61 Å². The van der Waals surface area contributed by atoms with E-state index in [4.69, 9.17) is 18.9 Å². The van der Waals surface area contributed by atoms with E-state index in [1.54, 1.807) is 20.8 Å². The van der Waals surface area contributed by atoms with Crippen molar-refractivity contribution in [2.24, 2.45) is 0 Å². The molecule has 0 unspecified atom stereocenters. The summed E-state index contributed by atoms with van der Waals surface area (Å²) in [5.74, 6) is -4.35. The van der Waals surface area contributed by atoms with Gasteiger partial charge in [-0.25, -0.2) is 8.78 Å². The predicted molar refractivity (Wildman–Crippen MR) is 113 cm³/mol. The zero-order valence-corrected chi connectivity index (χ0v) is 18.5. The molecule has 31 heavy (non-hydrogen) atoms. The minimum atomic E-state index is -3.23. The molecule has 166 valence electrons. The van der Waals surface area contributed by atoms with Crippen molar-refractivity contribution in [3.05, 3.63) is 66.2 Å². The summed E-state index contributed by atoms with van der Waals surface area (Å²) in [6.45, 7) is 5.06. The second kappa shape index (κ2) is 7.25. The van der Waals surface area contributed by atoms with Crippen molar-refractivity contribution < 1.29 is 27.7 Å². The maximum atomic E-state index is 15.9. The smallest absolute Gasteiger partial charge is 0.308 e. The molecule has 0 saturated carbocycles. The summed E-state index contributed by atoms with van der Waals surface area (Å²) in [5, 5.41) is -0.593. The summed E-state index contributed by atoms with van der Waals surface area (Å²) in [6.07, 6.45) is -1.96. The van der Waals surface area contributed by atoms with Gasteiger partial charge >= 0.3 is 5.92 Å². The molecule has 3 saturated heterocycles. The average molecular weight is 449 g/mol. The molecule has 1 spiro atoms. The van der Waals surface area contributed by atoms with Crippen LogP contribution in [0.3, 0.4) is 0 Å². The highest BCUT2D eigenvalue weighted by molar-refractivity contribution is 8.00. The number of rotatable bonds is 5. The lowest BCUT2D eigenvalue weighted by molar-refractivity contribution is -0.263. The Morgan fingerprint density at radius 2 is 1.65 bits per heavy atom. The Kier molecular flexibility index (Phi) is 4.99. The Bertz CT molecular complexity index is 941. The molecule has 7 heteroatoms. The van der Waals surface area contributed by atoms with Crippen molar-refractivity contribution in [3.8, 4) is 0 Å². The molecule has 3 aliphatic rings. The zero-order valence-electron chi connectivity index (χ0n) is 17.7. The summed E-state index contributed by atoms with van der Waals surface area (Å²) in [4.78, 5) is 0.898. The van der Waals surface area contributed by atoms with Crippen LogP contribution in [-0.4, -0.2) is 47.0 Å². The van der Waals surface area contributed by atoms with Gasteiger partial charge in [0.05, 0.1) is 18.5 Å². The number of benzene rings is 2. The lowest BCUT2D eigenvalue weighted by Crippen LogP contribution is -2.71. The molecule has 0 aliphatic carbocycles. The summed E-state index contributed by atoms with van der Waals surface area (Å²) in [7, 11) is 0. The number of alkyl halides is 2. The maximum Gasteiger partial charge on any atom is 0.308 e. The molecule has 2 bridgehead atoms. The van der Waals surface area contributed by atoms with Crippen molar-refractivity contribution in [1.82, 2.24) is 0 Å². The molecule has 0 N–H and O–H groups in total. The average Bonchev–Trinajstić information content (AvgIpc) is 3.29. The van der Waals surface area contributed by atoms with Crippen LogP contribution >= 0.6 is 11.8 Å². The molecular weight excluding hydrogens is 422 g/mol. The van der Waals surface area contributed by atoms with Gasteiger partial charge in [0.15, 0.2) is 11.4 Å². The Morgan fingerprint density at radius 1 is 1.00 bits per heavy atom. The standard InChI is InChI=1S/C24H26F2O4S/c1-21(2)28-15-23(30-21)22(3)19(27-14-16-10-6-4-7-11-16)18(20(29-22)24(23,25)26)31-17-12-8-5-9-13-17/h4-13,18-20H,14-15H2,1-3H3/t18-,19-,20-,22+,23+/m1/s1. The summed E-state index contributed by atoms with van der Waals surface area (Å²) in [6, 6.07) is 19.2. The van der Waals surface area contributed by atoms with Gasteiger partial charge in [0, 0.05) is 4.90 Å². The molecule has 5 atom stereocenters. The van der Waals surface area contributed by atoms with Gasteiger partial charge < -0.3 is 18.9 Å². The van der Waals surface area contributed by atoms with E-state index in [-0.39, 0.29) is 6.61 Å². The normalized spacial score (nSPS) is 37.5. The minimum absolute atomic E-state index is 0.242. The molecule has 5 rings (SSSR count). The van der Waals surface area contributed by atoms with Gasteiger partial charge in [-0.05, 0) is 38.5 Å². The van der Waals surface area contributed by atoms with Gasteiger partial charge in [-0.15, -0.1) is 11.8 Å². The largest absolute Gasteiger partial charge is 0.369 e. The molecule has 4 nitrogen and oxygen atoms in total. The number of fused-ring (bicyclic) bond motifs is 3. The van der Waals surface area contributed by atoms with Crippen LogP contribution in [0.5, 0.6) is 0 Å². The maximum absolute atomic E-state index is 15.9. The number of hydrogen-bond donors (Lipinski definition) is 0. The first-order valence-electron chi connectivity index (χ1n) is 10.5. The lowest BCUT2D eigenvalue weighted by Gasteiger charge is -2.48.